The number of piperazine rings is 1. The van der Waals surface area contributed by atoms with Gasteiger partial charge in [-0.15, -0.1) is 0 Å². The van der Waals surface area contributed by atoms with Crippen molar-refractivity contribution in [2.45, 2.75) is 18.9 Å². The fourth-order valence-electron chi connectivity index (χ4n) is 2.64. The third-order valence-electron chi connectivity index (χ3n) is 3.64. The molecule has 112 valence electrons. The Morgan fingerprint density at radius 1 is 1.30 bits per heavy atom. The van der Waals surface area contributed by atoms with E-state index in [1.807, 2.05) is 0 Å². The molecule has 1 atom stereocenters. The highest BCUT2D eigenvalue weighted by Gasteiger charge is 2.27. The van der Waals surface area contributed by atoms with E-state index in [9.17, 15) is 4.39 Å². The molecule has 2 rings (SSSR count). The molecule has 2 N–H and O–H groups in total. The highest BCUT2D eigenvalue weighted by Crippen LogP contribution is 2.37. The summed E-state index contributed by atoms with van der Waals surface area (Å²) in [5.41, 5.74) is 0.453. The lowest BCUT2D eigenvalue weighted by Gasteiger charge is -2.36. The minimum atomic E-state index is -0.333. The van der Waals surface area contributed by atoms with E-state index in [0.717, 1.165) is 26.2 Å². The Labute approximate surface area is 128 Å². The summed E-state index contributed by atoms with van der Waals surface area (Å²) in [4.78, 5) is 2.20. The Kier molecular flexibility index (Phi) is 6.05. The highest BCUT2D eigenvalue weighted by atomic mass is 35.5. The Morgan fingerprint density at radius 2 is 2.00 bits per heavy atom. The molecule has 0 unspecified atom stereocenters. The van der Waals surface area contributed by atoms with E-state index in [4.69, 9.17) is 28.3 Å². The number of nitrogens with one attached hydrogen (secondary N) is 1. The first kappa shape index (κ1) is 16.0. The van der Waals surface area contributed by atoms with Crippen LogP contribution in [-0.4, -0.2) is 42.8 Å². The van der Waals surface area contributed by atoms with E-state index in [1.165, 1.54) is 12.1 Å². The molecule has 1 aliphatic rings. The molecular weight excluding hydrogens is 302 g/mol. The van der Waals surface area contributed by atoms with Crippen molar-refractivity contribution in [1.29, 1.82) is 0 Å². The van der Waals surface area contributed by atoms with Crippen molar-refractivity contribution in [1.82, 2.24) is 10.2 Å². The van der Waals surface area contributed by atoms with Crippen molar-refractivity contribution < 1.29 is 9.50 Å². The van der Waals surface area contributed by atoms with Crippen molar-refractivity contribution in [3.63, 3.8) is 0 Å². The van der Waals surface area contributed by atoms with E-state index < -0.39 is 0 Å². The smallest absolute Gasteiger partial charge is 0.129 e. The number of aliphatic hydroxyl groups excluding tert-OH is 1. The fourth-order valence-corrected chi connectivity index (χ4v) is 3.08. The van der Waals surface area contributed by atoms with Crippen molar-refractivity contribution in [3.05, 3.63) is 33.6 Å². The van der Waals surface area contributed by atoms with Crippen LogP contribution in [0.25, 0.3) is 0 Å². The van der Waals surface area contributed by atoms with Crippen LogP contribution in [0.5, 0.6) is 0 Å². The Balaban J connectivity index is 2.32. The average molecular weight is 321 g/mol. The summed E-state index contributed by atoms with van der Waals surface area (Å²) in [6.45, 7) is 3.49. The molecule has 0 saturated carbocycles. The standard InChI is InChI=1S/C14H19Cl2FN2O/c15-10-3-4-11(17)13(14(10)16)12(2-1-9-20)19-7-5-18-6-8-19/h3-4,12,18,20H,1-2,5-9H2/t12-/m1/s1. The minimum Gasteiger partial charge on any atom is -0.396 e. The molecule has 1 aromatic rings. The molecular formula is C14H19Cl2FN2O. The zero-order valence-electron chi connectivity index (χ0n) is 11.2. The quantitative estimate of drug-likeness (QED) is 0.819. The van der Waals surface area contributed by atoms with Crippen LogP contribution < -0.4 is 5.32 Å². The predicted molar refractivity (Wildman–Crippen MR) is 79.9 cm³/mol. The van der Waals surface area contributed by atoms with Gasteiger partial charge in [-0.3, -0.25) is 4.90 Å². The monoisotopic (exact) mass is 320 g/mol. The maximum atomic E-state index is 14.2. The van der Waals surface area contributed by atoms with E-state index in [-0.39, 0.29) is 23.5 Å². The Hall–Kier alpha value is -0.390. The minimum absolute atomic E-state index is 0.0857. The molecule has 6 heteroatoms. The maximum Gasteiger partial charge on any atom is 0.129 e. The zero-order valence-corrected chi connectivity index (χ0v) is 12.7. The van der Waals surface area contributed by atoms with Crippen molar-refractivity contribution >= 4 is 23.2 Å². The molecule has 0 bridgehead atoms. The summed E-state index contributed by atoms with van der Waals surface area (Å²) in [6.07, 6.45) is 1.27. The molecule has 1 saturated heterocycles. The number of hydrogen-bond acceptors (Lipinski definition) is 3. The summed E-state index contributed by atoms with van der Waals surface area (Å²) in [7, 11) is 0. The first-order chi connectivity index (χ1) is 9.65. The molecule has 1 aromatic carbocycles. The van der Waals surface area contributed by atoms with Crippen molar-refractivity contribution in [2.75, 3.05) is 32.8 Å². The summed E-state index contributed by atoms with van der Waals surface area (Å²) in [5, 5.41) is 13.0. The number of nitrogens with zero attached hydrogens (tertiary/aromatic N) is 1. The zero-order chi connectivity index (χ0) is 14.5. The highest BCUT2D eigenvalue weighted by molar-refractivity contribution is 6.42. The number of hydrogen-bond donors (Lipinski definition) is 2. The van der Waals surface area contributed by atoms with Gasteiger partial charge in [-0.1, -0.05) is 23.2 Å². The Morgan fingerprint density at radius 3 is 2.65 bits per heavy atom. The molecule has 0 spiro atoms. The van der Waals surface area contributed by atoms with Gasteiger partial charge in [0.15, 0.2) is 0 Å². The maximum absolute atomic E-state index is 14.2. The van der Waals surface area contributed by atoms with Crippen LogP contribution in [0.3, 0.4) is 0 Å². The third kappa shape index (κ3) is 3.62. The second-order valence-electron chi connectivity index (χ2n) is 4.92. The normalized spacial score (nSPS) is 18.2. The lowest BCUT2D eigenvalue weighted by atomic mass is 9.99. The molecule has 1 aliphatic heterocycles. The van der Waals surface area contributed by atoms with Gasteiger partial charge in [0, 0.05) is 44.4 Å². The van der Waals surface area contributed by atoms with Gasteiger partial charge in [0.25, 0.3) is 0 Å². The van der Waals surface area contributed by atoms with Crippen molar-refractivity contribution in [2.24, 2.45) is 0 Å². The van der Waals surface area contributed by atoms with Gasteiger partial charge in [-0.05, 0) is 25.0 Å². The summed E-state index contributed by atoms with van der Waals surface area (Å²) in [6, 6.07) is 2.69. The number of aliphatic hydroxyl groups is 1. The number of halogens is 3. The summed E-state index contributed by atoms with van der Waals surface area (Å²) < 4.78 is 14.2. The first-order valence-corrected chi connectivity index (χ1v) is 7.59. The van der Waals surface area contributed by atoms with Gasteiger partial charge < -0.3 is 10.4 Å². The lowest BCUT2D eigenvalue weighted by molar-refractivity contribution is 0.152. The van der Waals surface area contributed by atoms with E-state index >= 15 is 0 Å². The van der Waals surface area contributed by atoms with E-state index in [1.54, 1.807) is 0 Å². The summed E-state index contributed by atoms with van der Waals surface area (Å²) in [5.74, 6) is -0.333. The lowest BCUT2D eigenvalue weighted by Crippen LogP contribution is -2.45. The van der Waals surface area contributed by atoms with Gasteiger partial charge in [-0.2, -0.15) is 0 Å². The van der Waals surface area contributed by atoms with Crippen molar-refractivity contribution in [3.8, 4) is 0 Å². The fraction of sp³-hybridized carbons (Fsp3) is 0.571. The molecule has 3 nitrogen and oxygen atoms in total. The average Bonchev–Trinajstić information content (AvgIpc) is 2.47. The van der Waals surface area contributed by atoms with Crippen LogP contribution in [0.1, 0.15) is 24.4 Å². The molecule has 20 heavy (non-hydrogen) atoms. The second kappa shape index (κ2) is 7.57. The largest absolute Gasteiger partial charge is 0.396 e. The van der Waals surface area contributed by atoms with Crippen LogP contribution in [-0.2, 0) is 0 Å². The second-order valence-corrected chi connectivity index (χ2v) is 5.71. The van der Waals surface area contributed by atoms with E-state index in [2.05, 4.69) is 10.2 Å². The third-order valence-corrected chi connectivity index (χ3v) is 4.46. The van der Waals surface area contributed by atoms with Gasteiger partial charge in [0.1, 0.15) is 5.82 Å². The van der Waals surface area contributed by atoms with Gasteiger partial charge in [0.2, 0.25) is 0 Å². The van der Waals surface area contributed by atoms with Crippen LogP contribution in [0.2, 0.25) is 10.0 Å². The van der Waals surface area contributed by atoms with Crippen LogP contribution >= 0.6 is 23.2 Å². The van der Waals surface area contributed by atoms with Gasteiger partial charge >= 0.3 is 0 Å². The molecule has 1 fully saturated rings. The van der Waals surface area contributed by atoms with Gasteiger partial charge in [-0.25, -0.2) is 4.39 Å². The first-order valence-electron chi connectivity index (χ1n) is 6.84. The predicted octanol–water partition coefficient (Wildman–Crippen LogP) is 2.85. The topological polar surface area (TPSA) is 35.5 Å². The Bertz CT molecular complexity index is 453. The van der Waals surface area contributed by atoms with E-state index in [0.29, 0.717) is 23.4 Å². The molecule has 0 aromatic heterocycles. The molecule has 0 amide bonds. The number of rotatable bonds is 5. The number of benzene rings is 1. The SMILES string of the molecule is OCCC[C@H](c1c(F)ccc(Cl)c1Cl)N1CCNCC1. The van der Waals surface area contributed by atoms with Crippen LogP contribution in [0.4, 0.5) is 4.39 Å². The molecule has 0 aliphatic carbocycles. The van der Waals surface area contributed by atoms with Crippen LogP contribution in [0, 0.1) is 5.82 Å². The molecule has 1 heterocycles. The van der Waals surface area contributed by atoms with Crippen LogP contribution in [0.15, 0.2) is 12.1 Å². The summed E-state index contributed by atoms with van der Waals surface area (Å²) >= 11 is 12.2. The molecule has 0 radical (unpaired) electrons. The van der Waals surface area contributed by atoms with Gasteiger partial charge in [0.05, 0.1) is 10.0 Å².